The molecule has 1 aromatic heterocycles. The number of hydrogen-bond donors (Lipinski definition) is 2. The molecule has 5 rings (SSSR count). The first kappa shape index (κ1) is 13.4. The fourth-order valence-corrected chi connectivity index (χ4v) is 4.15. The van der Waals surface area contributed by atoms with Gasteiger partial charge < -0.3 is 10.3 Å². The Kier molecular flexibility index (Phi) is 2.74. The van der Waals surface area contributed by atoms with Crippen molar-refractivity contribution < 1.29 is 4.79 Å². The van der Waals surface area contributed by atoms with Crippen LogP contribution in [0.1, 0.15) is 24.0 Å². The van der Waals surface area contributed by atoms with Crippen molar-refractivity contribution in [3.63, 3.8) is 0 Å². The topological polar surface area (TPSA) is 48.1 Å². The number of rotatable bonds is 2. The van der Waals surface area contributed by atoms with Crippen molar-refractivity contribution in [2.45, 2.75) is 31.3 Å². The predicted molar refractivity (Wildman–Crippen MR) is 91.1 cm³/mol. The van der Waals surface area contributed by atoms with Gasteiger partial charge in [-0.25, -0.2) is 0 Å². The van der Waals surface area contributed by atoms with Gasteiger partial charge >= 0.3 is 0 Å². The first-order valence-electron chi connectivity index (χ1n) is 8.52. The SMILES string of the molecule is CN1C[C@H](C(=O)NC2CC2)C=C2c3cccc4[nH]cc(c34)C[C@H]21. The summed E-state index contributed by atoms with van der Waals surface area (Å²) < 4.78 is 0. The highest BCUT2D eigenvalue weighted by Crippen LogP contribution is 2.40. The number of fused-ring (bicyclic) bond motifs is 2. The number of aromatic amines is 1. The lowest BCUT2D eigenvalue weighted by atomic mass is 9.80. The fourth-order valence-electron chi connectivity index (χ4n) is 4.15. The van der Waals surface area contributed by atoms with E-state index in [2.05, 4.69) is 52.7 Å². The molecule has 23 heavy (non-hydrogen) atoms. The zero-order valence-corrected chi connectivity index (χ0v) is 13.3. The van der Waals surface area contributed by atoms with Crippen LogP contribution in [0.15, 0.2) is 30.5 Å². The standard InChI is InChI=1S/C19H21N3O/c1-22-10-12(19(23)21-13-5-6-13)7-15-14-3-2-4-16-18(14)11(9-20-16)8-17(15)22/h2-4,7,9,12-13,17,20H,5-6,8,10H2,1H3,(H,21,23)/t12-,17-/m1/s1. The number of carbonyl (C=O) groups is 1. The maximum Gasteiger partial charge on any atom is 0.228 e. The van der Waals surface area contributed by atoms with Gasteiger partial charge in [-0.1, -0.05) is 18.2 Å². The van der Waals surface area contributed by atoms with Crippen LogP contribution in [0.4, 0.5) is 0 Å². The molecule has 1 aromatic carbocycles. The number of carbonyl (C=O) groups excluding carboxylic acids is 1. The van der Waals surface area contributed by atoms with Gasteiger partial charge in [-0.05, 0) is 49.1 Å². The Hall–Kier alpha value is -2.07. The Morgan fingerprint density at radius 3 is 3.04 bits per heavy atom. The molecular weight excluding hydrogens is 286 g/mol. The highest BCUT2D eigenvalue weighted by molar-refractivity contribution is 5.99. The molecule has 2 aliphatic carbocycles. The molecule has 0 bridgehead atoms. The summed E-state index contributed by atoms with van der Waals surface area (Å²) in [4.78, 5) is 18.3. The Morgan fingerprint density at radius 2 is 2.22 bits per heavy atom. The number of hydrogen-bond acceptors (Lipinski definition) is 2. The van der Waals surface area contributed by atoms with Crippen LogP contribution in [-0.4, -0.2) is 41.5 Å². The van der Waals surface area contributed by atoms with E-state index in [0.29, 0.717) is 12.1 Å². The Labute approximate surface area is 135 Å². The summed E-state index contributed by atoms with van der Waals surface area (Å²) in [6.07, 6.45) is 7.67. The van der Waals surface area contributed by atoms with Crippen LogP contribution in [0.25, 0.3) is 16.5 Å². The summed E-state index contributed by atoms with van der Waals surface area (Å²) in [6.45, 7) is 0.808. The first-order chi connectivity index (χ1) is 11.2. The average Bonchev–Trinajstić information content (AvgIpc) is 3.27. The lowest BCUT2D eigenvalue weighted by Gasteiger charge is -2.39. The van der Waals surface area contributed by atoms with Crippen LogP contribution in [0.3, 0.4) is 0 Å². The van der Waals surface area contributed by atoms with Crippen molar-refractivity contribution >= 4 is 22.4 Å². The highest BCUT2D eigenvalue weighted by atomic mass is 16.2. The third-order valence-corrected chi connectivity index (χ3v) is 5.53. The molecule has 2 N–H and O–H groups in total. The molecule has 3 aliphatic rings. The molecule has 0 unspecified atom stereocenters. The van der Waals surface area contributed by atoms with Crippen LogP contribution in [0, 0.1) is 5.92 Å². The van der Waals surface area contributed by atoms with Crippen LogP contribution < -0.4 is 5.32 Å². The zero-order valence-electron chi connectivity index (χ0n) is 13.3. The van der Waals surface area contributed by atoms with Crippen LogP contribution in [-0.2, 0) is 11.2 Å². The van der Waals surface area contributed by atoms with E-state index in [1.54, 1.807) is 0 Å². The minimum atomic E-state index is -0.0393. The van der Waals surface area contributed by atoms with Crippen LogP contribution in [0.5, 0.6) is 0 Å². The number of nitrogens with zero attached hydrogens (tertiary/aromatic N) is 1. The van der Waals surface area contributed by atoms with Gasteiger partial charge in [-0.15, -0.1) is 0 Å². The molecule has 4 nitrogen and oxygen atoms in total. The summed E-state index contributed by atoms with van der Waals surface area (Å²) >= 11 is 0. The molecule has 1 amide bonds. The molecule has 0 spiro atoms. The van der Waals surface area contributed by atoms with E-state index in [1.807, 2.05) is 0 Å². The van der Waals surface area contributed by atoms with E-state index in [9.17, 15) is 4.79 Å². The van der Waals surface area contributed by atoms with Gasteiger partial charge in [0.15, 0.2) is 0 Å². The molecular formula is C19H21N3O. The van der Waals surface area contributed by atoms with Crippen molar-refractivity contribution in [2.24, 2.45) is 5.92 Å². The summed E-state index contributed by atoms with van der Waals surface area (Å²) in [6, 6.07) is 7.25. The quantitative estimate of drug-likeness (QED) is 0.894. The monoisotopic (exact) mass is 307 g/mol. The van der Waals surface area contributed by atoms with Crippen LogP contribution >= 0.6 is 0 Å². The fraction of sp³-hybridized carbons (Fsp3) is 0.421. The molecule has 118 valence electrons. The van der Waals surface area contributed by atoms with Gasteiger partial charge in [0.25, 0.3) is 0 Å². The third kappa shape index (κ3) is 2.05. The third-order valence-electron chi connectivity index (χ3n) is 5.53. The van der Waals surface area contributed by atoms with E-state index in [0.717, 1.165) is 25.8 Å². The smallest absolute Gasteiger partial charge is 0.228 e. The van der Waals surface area contributed by atoms with Gasteiger partial charge in [0.05, 0.1) is 5.92 Å². The van der Waals surface area contributed by atoms with Crippen molar-refractivity contribution in [2.75, 3.05) is 13.6 Å². The van der Waals surface area contributed by atoms with Crippen molar-refractivity contribution in [1.82, 2.24) is 15.2 Å². The van der Waals surface area contributed by atoms with Gasteiger partial charge in [-0.3, -0.25) is 9.69 Å². The number of likely N-dealkylation sites (N-methyl/N-ethyl adjacent to an activating group) is 1. The number of benzene rings is 1. The molecule has 0 saturated heterocycles. The van der Waals surface area contributed by atoms with Crippen molar-refractivity contribution in [1.29, 1.82) is 0 Å². The first-order valence-corrected chi connectivity index (χ1v) is 8.52. The zero-order chi connectivity index (χ0) is 15.6. The second-order valence-corrected chi connectivity index (χ2v) is 7.21. The maximum absolute atomic E-state index is 12.5. The normalized spacial score (nSPS) is 26.7. The van der Waals surface area contributed by atoms with Gasteiger partial charge in [0, 0.05) is 35.7 Å². The van der Waals surface area contributed by atoms with Gasteiger partial charge in [0.1, 0.15) is 0 Å². The number of aromatic nitrogens is 1. The van der Waals surface area contributed by atoms with E-state index in [-0.39, 0.29) is 11.8 Å². The Morgan fingerprint density at radius 1 is 1.35 bits per heavy atom. The van der Waals surface area contributed by atoms with Crippen molar-refractivity contribution in [3.8, 4) is 0 Å². The summed E-state index contributed by atoms with van der Waals surface area (Å²) in [7, 11) is 2.15. The largest absolute Gasteiger partial charge is 0.361 e. The molecule has 2 atom stereocenters. The summed E-state index contributed by atoms with van der Waals surface area (Å²) in [5.74, 6) is 0.153. The molecule has 4 heteroatoms. The van der Waals surface area contributed by atoms with Crippen LogP contribution in [0.2, 0.25) is 0 Å². The molecule has 1 saturated carbocycles. The number of H-pyrrole nitrogens is 1. The molecule has 1 aliphatic heterocycles. The lowest BCUT2D eigenvalue weighted by Crippen LogP contribution is -2.46. The van der Waals surface area contributed by atoms with E-state index >= 15 is 0 Å². The summed E-state index contributed by atoms with van der Waals surface area (Å²) in [5, 5.41) is 4.50. The highest BCUT2D eigenvalue weighted by Gasteiger charge is 2.36. The second kappa shape index (κ2) is 4.71. The molecule has 1 fully saturated rings. The van der Waals surface area contributed by atoms with E-state index < -0.39 is 0 Å². The van der Waals surface area contributed by atoms with Gasteiger partial charge in [0.2, 0.25) is 5.91 Å². The van der Waals surface area contributed by atoms with Crippen molar-refractivity contribution in [3.05, 3.63) is 41.6 Å². The Balaban J connectivity index is 1.59. The van der Waals surface area contributed by atoms with E-state index in [1.165, 1.54) is 27.6 Å². The van der Waals surface area contributed by atoms with E-state index in [4.69, 9.17) is 0 Å². The predicted octanol–water partition coefficient (Wildman–Crippen LogP) is 2.32. The van der Waals surface area contributed by atoms with Gasteiger partial charge in [-0.2, -0.15) is 0 Å². The minimum Gasteiger partial charge on any atom is -0.361 e. The Bertz CT molecular complexity index is 830. The number of amides is 1. The maximum atomic E-state index is 12.5. The summed E-state index contributed by atoms with van der Waals surface area (Å²) in [5.41, 5.74) is 5.22. The average molecular weight is 307 g/mol. The second-order valence-electron chi connectivity index (χ2n) is 7.21. The molecule has 2 heterocycles. The molecule has 2 aromatic rings. The number of nitrogens with one attached hydrogen (secondary N) is 2. The lowest BCUT2D eigenvalue weighted by molar-refractivity contribution is -0.124. The minimum absolute atomic E-state index is 0.0393. The molecule has 0 radical (unpaired) electrons.